The van der Waals surface area contributed by atoms with Crippen LogP contribution in [0.4, 0.5) is 0 Å². The maximum Gasteiger partial charge on any atom is 0.137 e. The number of hydrogen-bond donors (Lipinski definition) is 2. The van der Waals surface area contributed by atoms with E-state index in [1.54, 1.807) is 0 Å². The topological polar surface area (TPSA) is 74.6 Å². The van der Waals surface area contributed by atoms with Gasteiger partial charge in [0.25, 0.3) is 0 Å². The van der Waals surface area contributed by atoms with Crippen LogP contribution < -0.4 is 0 Å². The van der Waals surface area contributed by atoms with E-state index in [1.807, 2.05) is 13.8 Å². The molecule has 1 unspecified atom stereocenters. The quantitative estimate of drug-likeness (QED) is 0.598. The van der Waals surface area contributed by atoms with E-state index >= 15 is 0 Å². The van der Waals surface area contributed by atoms with Crippen molar-refractivity contribution in [2.45, 2.75) is 91.6 Å². The average molecular weight is 431 g/mol. The van der Waals surface area contributed by atoms with E-state index in [-0.39, 0.29) is 47.1 Å². The first-order chi connectivity index (χ1) is 14.6. The summed E-state index contributed by atoms with van der Waals surface area (Å²) in [4.78, 5) is 26.3. The van der Waals surface area contributed by atoms with Crippen LogP contribution in [0.25, 0.3) is 0 Å². The van der Waals surface area contributed by atoms with Crippen LogP contribution in [-0.4, -0.2) is 34.5 Å². The van der Waals surface area contributed by atoms with Gasteiger partial charge in [0.05, 0.1) is 6.10 Å². The summed E-state index contributed by atoms with van der Waals surface area (Å²) in [5, 5.41) is 19.5. The standard InChI is InChI=1S/C27H42O4/c1-16(15-28)5-8-23(30)17(2)25-24(31)14-22-20-7-6-18-13-19(29)9-11-26(18,3)21(20)10-12-27(22,25)4/h6,16-17,19-22,25,28-29H,5,7-15H2,1-4H3/t16-,17-,19+,20-,21+,22+,25?,26+,27+/m1/s1. The highest BCUT2D eigenvalue weighted by Gasteiger charge is 2.62. The molecule has 31 heavy (non-hydrogen) atoms. The molecule has 3 fully saturated rings. The molecular weight excluding hydrogens is 388 g/mol. The van der Waals surface area contributed by atoms with E-state index < -0.39 is 0 Å². The summed E-state index contributed by atoms with van der Waals surface area (Å²) >= 11 is 0. The van der Waals surface area contributed by atoms with Gasteiger partial charge in [-0.05, 0) is 79.4 Å². The molecule has 4 heteroatoms. The molecule has 9 atom stereocenters. The number of carbonyl (C=O) groups is 2. The summed E-state index contributed by atoms with van der Waals surface area (Å²) < 4.78 is 0. The highest BCUT2D eigenvalue weighted by molar-refractivity contribution is 5.92. The monoisotopic (exact) mass is 430 g/mol. The Morgan fingerprint density at radius 1 is 1.16 bits per heavy atom. The molecule has 0 amide bonds. The first-order valence-electron chi connectivity index (χ1n) is 12.7. The molecule has 2 N–H and O–H groups in total. The molecule has 0 aromatic heterocycles. The van der Waals surface area contributed by atoms with Gasteiger partial charge >= 0.3 is 0 Å². The molecule has 4 rings (SSSR count). The maximum absolute atomic E-state index is 13.3. The van der Waals surface area contributed by atoms with E-state index in [9.17, 15) is 19.8 Å². The number of fused-ring (bicyclic) bond motifs is 5. The number of carbonyl (C=O) groups excluding carboxylic acids is 2. The van der Waals surface area contributed by atoms with Crippen molar-refractivity contribution in [3.05, 3.63) is 11.6 Å². The van der Waals surface area contributed by atoms with Gasteiger partial charge in [-0.3, -0.25) is 9.59 Å². The SMILES string of the molecule is C[C@@H](CO)CCC(=O)[C@@H](C)C1C(=O)C[C@H]2[C@@H]3CC=C4C[C@@H](O)CC[C@]4(C)[C@H]3CC[C@]12C. The highest BCUT2D eigenvalue weighted by Crippen LogP contribution is 2.66. The molecular formula is C27H42O4. The van der Waals surface area contributed by atoms with Crippen molar-refractivity contribution in [3.63, 3.8) is 0 Å². The Kier molecular flexibility index (Phi) is 6.28. The minimum atomic E-state index is -0.222. The third kappa shape index (κ3) is 3.76. The lowest BCUT2D eigenvalue weighted by Crippen LogP contribution is -2.51. The van der Waals surface area contributed by atoms with Gasteiger partial charge in [-0.15, -0.1) is 0 Å². The van der Waals surface area contributed by atoms with Crippen LogP contribution in [0.15, 0.2) is 11.6 Å². The number of rotatable bonds is 6. The number of aliphatic hydroxyl groups is 2. The fourth-order valence-corrected chi connectivity index (χ4v) is 8.22. The Labute approximate surface area is 187 Å². The minimum absolute atomic E-state index is 0.0776. The smallest absolute Gasteiger partial charge is 0.137 e. The molecule has 4 nitrogen and oxygen atoms in total. The molecule has 0 spiro atoms. The van der Waals surface area contributed by atoms with Crippen molar-refractivity contribution < 1.29 is 19.8 Å². The van der Waals surface area contributed by atoms with Gasteiger partial charge in [-0.1, -0.05) is 39.3 Å². The summed E-state index contributed by atoms with van der Waals surface area (Å²) in [6.45, 7) is 8.77. The zero-order valence-electron chi connectivity index (χ0n) is 19.9. The Bertz CT molecular complexity index is 756. The highest BCUT2D eigenvalue weighted by atomic mass is 16.3. The van der Waals surface area contributed by atoms with Crippen molar-refractivity contribution >= 4 is 11.6 Å². The molecule has 0 bridgehead atoms. The lowest BCUT2D eigenvalue weighted by Gasteiger charge is -2.58. The molecule has 0 aromatic rings. The van der Waals surface area contributed by atoms with Crippen molar-refractivity contribution in [1.82, 2.24) is 0 Å². The summed E-state index contributed by atoms with van der Waals surface area (Å²) in [6.07, 6.45) is 9.96. The molecule has 0 heterocycles. The molecule has 0 aromatic carbocycles. The van der Waals surface area contributed by atoms with Crippen molar-refractivity contribution in [1.29, 1.82) is 0 Å². The van der Waals surface area contributed by atoms with Crippen LogP contribution in [0.5, 0.6) is 0 Å². The van der Waals surface area contributed by atoms with Gasteiger partial charge in [0.1, 0.15) is 11.6 Å². The Hall–Kier alpha value is -1.00. The fraction of sp³-hybridized carbons (Fsp3) is 0.852. The van der Waals surface area contributed by atoms with Gasteiger partial charge in [-0.2, -0.15) is 0 Å². The molecule has 0 aliphatic heterocycles. The van der Waals surface area contributed by atoms with Crippen LogP contribution in [-0.2, 0) is 9.59 Å². The third-order valence-electron chi connectivity index (χ3n) is 10.2. The van der Waals surface area contributed by atoms with Gasteiger partial charge in [0, 0.05) is 31.3 Å². The van der Waals surface area contributed by atoms with E-state index in [1.165, 1.54) is 5.57 Å². The van der Waals surface area contributed by atoms with Crippen molar-refractivity contribution in [2.75, 3.05) is 6.61 Å². The first-order valence-corrected chi connectivity index (χ1v) is 12.7. The van der Waals surface area contributed by atoms with E-state index in [0.717, 1.165) is 38.5 Å². The zero-order valence-corrected chi connectivity index (χ0v) is 19.9. The summed E-state index contributed by atoms with van der Waals surface area (Å²) in [5.41, 5.74) is 1.55. The van der Waals surface area contributed by atoms with E-state index in [4.69, 9.17) is 0 Å². The molecule has 0 radical (unpaired) electrons. The van der Waals surface area contributed by atoms with Crippen LogP contribution in [0.2, 0.25) is 0 Å². The van der Waals surface area contributed by atoms with Gasteiger partial charge in [0.2, 0.25) is 0 Å². The van der Waals surface area contributed by atoms with Crippen LogP contribution in [0, 0.1) is 46.3 Å². The second-order valence-electron chi connectivity index (χ2n) is 11.9. The molecule has 4 aliphatic carbocycles. The largest absolute Gasteiger partial charge is 0.396 e. The van der Waals surface area contributed by atoms with Gasteiger partial charge < -0.3 is 10.2 Å². The van der Waals surface area contributed by atoms with Crippen LogP contribution >= 0.6 is 0 Å². The number of hydrogen-bond acceptors (Lipinski definition) is 4. The van der Waals surface area contributed by atoms with Crippen LogP contribution in [0.3, 0.4) is 0 Å². The molecule has 174 valence electrons. The second-order valence-corrected chi connectivity index (χ2v) is 11.9. The normalized spacial score (nSPS) is 44.0. The maximum atomic E-state index is 13.3. The predicted octanol–water partition coefficient (Wildman–Crippen LogP) is 4.72. The predicted molar refractivity (Wildman–Crippen MR) is 121 cm³/mol. The Balaban J connectivity index is 1.54. The number of ketones is 2. The minimum Gasteiger partial charge on any atom is -0.396 e. The number of aliphatic hydroxyl groups excluding tert-OH is 2. The second kappa shape index (κ2) is 8.41. The summed E-state index contributed by atoms with van der Waals surface area (Å²) in [6, 6.07) is 0. The average Bonchev–Trinajstić information content (AvgIpc) is 3.01. The lowest BCUT2D eigenvalue weighted by atomic mass is 9.47. The van der Waals surface area contributed by atoms with Gasteiger partial charge in [-0.25, -0.2) is 0 Å². The lowest BCUT2D eigenvalue weighted by molar-refractivity contribution is -0.134. The van der Waals surface area contributed by atoms with Crippen molar-refractivity contribution in [2.24, 2.45) is 46.3 Å². The zero-order chi connectivity index (χ0) is 22.6. The number of allylic oxidation sites excluding steroid dienone is 1. The molecule has 4 aliphatic rings. The third-order valence-corrected chi connectivity index (χ3v) is 10.2. The summed E-state index contributed by atoms with van der Waals surface area (Å²) in [7, 11) is 0. The van der Waals surface area contributed by atoms with Gasteiger partial charge in [0.15, 0.2) is 0 Å². The van der Waals surface area contributed by atoms with Crippen LogP contribution in [0.1, 0.15) is 85.5 Å². The fourth-order valence-electron chi connectivity index (χ4n) is 8.22. The first kappa shape index (κ1) is 23.2. The Morgan fingerprint density at radius 3 is 2.61 bits per heavy atom. The van der Waals surface area contributed by atoms with Crippen molar-refractivity contribution in [3.8, 4) is 0 Å². The summed E-state index contributed by atoms with van der Waals surface area (Å²) in [5.74, 6) is 1.75. The van der Waals surface area contributed by atoms with E-state index in [0.29, 0.717) is 42.8 Å². The Morgan fingerprint density at radius 2 is 1.90 bits per heavy atom. The number of Topliss-reactive ketones (excluding diaryl/α,β-unsaturated/α-hetero) is 2. The molecule has 3 saturated carbocycles. The van der Waals surface area contributed by atoms with E-state index in [2.05, 4.69) is 19.9 Å². The molecule has 0 saturated heterocycles.